The fraction of sp³-hybridized carbons (Fsp3) is 0.462. The first-order valence-corrected chi connectivity index (χ1v) is 8.99. The molecule has 0 saturated carbocycles. The lowest BCUT2D eigenvalue weighted by molar-refractivity contribution is 0.581. The molecule has 21 heavy (non-hydrogen) atoms. The van der Waals surface area contributed by atoms with Crippen LogP contribution in [0, 0.1) is 0 Å². The van der Waals surface area contributed by atoms with Gasteiger partial charge in [0.25, 0.3) is 0 Å². The van der Waals surface area contributed by atoms with Gasteiger partial charge < -0.3 is 9.88 Å². The molecular formula is C13H20N4O2S2. The lowest BCUT2D eigenvalue weighted by atomic mass is 10.4. The van der Waals surface area contributed by atoms with E-state index in [1.807, 2.05) is 18.7 Å². The van der Waals surface area contributed by atoms with Crippen molar-refractivity contribution in [2.24, 2.45) is 7.05 Å². The van der Waals surface area contributed by atoms with Crippen molar-refractivity contribution >= 4 is 21.4 Å². The van der Waals surface area contributed by atoms with Gasteiger partial charge >= 0.3 is 0 Å². The fourth-order valence-electron chi connectivity index (χ4n) is 1.91. The van der Waals surface area contributed by atoms with Crippen LogP contribution in [0.15, 0.2) is 23.4 Å². The van der Waals surface area contributed by atoms with Gasteiger partial charge in [-0.25, -0.2) is 18.1 Å². The van der Waals surface area contributed by atoms with Crippen LogP contribution < -0.4 is 10.0 Å². The lowest BCUT2D eigenvalue weighted by Gasteiger charge is -2.02. The van der Waals surface area contributed by atoms with E-state index in [2.05, 4.69) is 21.9 Å². The van der Waals surface area contributed by atoms with Gasteiger partial charge in [0.2, 0.25) is 10.0 Å². The van der Waals surface area contributed by atoms with Crippen molar-refractivity contribution < 1.29 is 8.42 Å². The van der Waals surface area contributed by atoms with Crippen molar-refractivity contribution in [2.45, 2.75) is 31.3 Å². The number of nitrogens with zero attached hydrogens (tertiary/aromatic N) is 2. The molecular weight excluding hydrogens is 308 g/mol. The smallest absolute Gasteiger partial charge is 0.242 e. The Bertz CT molecular complexity index is 704. The van der Waals surface area contributed by atoms with Crippen LogP contribution in [0.25, 0.3) is 0 Å². The molecule has 0 unspecified atom stereocenters. The number of thiazole rings is 1. The molecule has 2 aromatic rings. The summed E-state index contributed by atoms with van der Waals surface area (Å²) in [6.07, 6.45) is 4.33. The number of rotatable bonds is 7. The summed E-state index contributed by atoms with van der Waals surface area (Å²) < 4.78 is 29.0. The molecule has 0 radical (unpaired) electrons. The number of aromatic nitrogens is 2. The van der Waals surface area contributed by atoms with Gasteiger partial charge in [-0.2, -0.15) is 0 Å². The SMILES string of the molecule is CCc1cnc(CNS(=O)(=O)c2cc(CNC)n(C)c2)s1. The highest BCUT2D eigenvalue weighted by Crippen LogP contribution is 2.16. The molecule has 0 bridgehead atoms. The van der Waals surface area contributed by atoms with Gasteiger partial charge in [0.05, 0.1) is 11.4 Å². The standard InChI is InChI=1S/C13H20N4O2S2/c1-4-11-7-15-13(20-11)8-16-21(18,19)12-5-10(6-14-2)17(3)9-12/h5,7,9,14,16H,4,6,8H2,1-3H3. The van der Waals surface area contributed by atoms with Crippen LogP contribution in [0.4, 0.5) is 0 Å². The lowest BCUT2D eigenvalue weighted by Crippen LogP contribution is -2.22. The molecule has 0 aliphatic heterocycles. The number of hydrogen-bond donors (Lipinski definition) is 2. The Kier molecular flexibility index (Phi) is 5.15. The summed E-state index contributed by atoms with van der Waals surface area (Å²) >= 11 is 1.53. The van der Waals surface area contributed by atoms with E-state index >= 15 is 0 Å². The largest absolute Gasteiger partial charge is 0.352 e. The molecule has 6 nitrogen and oxygen atoms in total. The van der Waals surface area contributed by atoms with Crippen molar-refractivity contribution in [3.63, 3.8) is 0 Å². The molecule has 2 N–H and O–H groups in total. The van der Waals surface area contributed by atoms with Gasteiger partial charge in [0, 0.05) is 36.6 Å². The van der Waals surface area contributed by atoms with Gasteiger partial charge in [0.1, 0.15) is 5.01 Å². The van der Waals surface area contributed by atoms with Crippen molar-refractivity contribution in [1.82, 2.24) is 19.6 Å². The van der Waals surface area contributed by atoms with Crippen LogP contribution in [0.3, 0.4) is 0 Å². The third kappa shape index (κ3) is 3.91. The molecule has 0 amide bonds. The van der Waals surface area contributed by atoms with Gasteiger partial charge in [0.15, 0.2) is 0 Å². The van der Waals surface area contributed by atoms with E-state index in [0.717, 1.165) is 22.0 Å². The predicted molar refractivity (Wildman–Crippen MR) is 83.7 cm³/mol. The number of sulfonamides is 1. The van der Waals surface area contributed by atoms with Crippen molar-refractivity contribution in [3.05, 3.63) is 34.0 Å². The second-order valence-corrected chi connectivity index (χ2v) is 7.67. The zero-order valence-electron chi connectivity index (χ0n) is 12.4. The molecule has 0 aliphatic carbocycles. The summed E-state index contributed by atoms with van der Waals surface area (Å²) in [6, 6.07) is 1.68. The van der Waals surface area contributed by atoms with Crippen LogP contribution in [0.5, 0.6) is 0 Å². The van der Waals surface area contributed by atoms with E-state index in [9.17, 15) is 8.42 Å². The molecule has 8 heteroatoms. The summed E-state index contributed by atoms with van der Waals surface area (Å²) in [5.74, 6) is 0. The molecule has 0 spiro atoms. The Morgan fingerprint density at radius 3 is 2.76 bits per heavy atom. The van der Waals surface area contributed by atoms with Crippen LogP contribution in [0.2, 0.25) is 0 Å². The van der Waals surface area contributed by atoms with Crippen LogP contribution in [-0.4, -0.2) is 25.0 Å². The average molecular weight is 328 g/mol. The first-order chi connectivity index (χ1) is 9.96. The van der Waals surface area contributed by atoms with E-state index in [1.165, 1.54) is 11.3 Å². The van der Waals surface area contributed by atoms with Crippen molar-refractivity contribution in [2.75, 3.05) is 7.05 Å². The molecule has 0 fully saturated rings. The zero-order chi connectivity index (χ0) is 15.5. The Morgan fingerprint density at radius 1 is 1.38 bits per heavy atom. The Labute approximate surface area is 129 Å². The number of nitrogens with one attached hydrogen (secondary N) is 2. The third-order valence-corrected chi connectivity index (χ3v) is 5.62. The van der Waals surface area contributed by atoms with E-state index < -0.39 is 10.0 Å². The maximum atomic E-state index is 12.3. The van der Waals surface area contributed by atoms with E-state index in [0.29, 0.717) is 6.54 Å². The average Bonchev–Trinajstić information content (AvgIpc) is 3.05. The van der Waals surface area contributed by atoms with Crippen LogP contribution in [-0.2, 0) is 36.6 Å². The summed E-state index contributed by atoms with van der Waals surface area (Å²) in [5, 5.41) is 3.79. The molecule has 0 atom stereocenters. The fourth-order valence-corrected chi connectivity index (χ4v) is 3.89. The second kappa shape index (κ2) is 6.69. The summed E-state index contributed by atoms with van der Waals surface area (Å²) in [6.45, 7) is 2.90. The molecule has 2 rings (SSSR count). The zero-order valence-corrected chi connectivity index (χ0v) is 14.0. The van der Waals surface area contributed by atoms with E-state index in [-0.39, 0.29) is 11.4 Å². The minimum absolute atomic E-state index is 0.225. The van der Waals surface area contributed by atoms with E-state index in [1.54, 1.807) is 18.5 Å². The molecule has 0 saturated heterocycles. The van der Waals surface area contributed by atoms with Crippen LogP contribution >= 0.6 is 11.3 Å². The summed E-state index contributed by atoms with van der Waals surface area (Å²) in [7, 11) is 0.152. The molecule has 0 aromatic carbocycles. The summed E-state index contributed by atoms with van der Waals surface area (Å²) in [5.41, 5.74) is 0.917. The first kappa shape index (κ1) is 16.2. The summed E-state index contributed by atoms with van der Waals surface area (Å²) in [4.78, 5) is 5.65. The third-order valence-electron chi connectivity index (χ3n) is 3.11. The predicted octanol–water partition coefficient (Wildman–Crippen LogP) is 1.24. The Hall–Kier alpha value is -1.22. The topological polar surface area (TPSA) is 76.0 Å². The van der Waals surface area contributed by atoms with Crippen molar-refractivity contribution in [1.29, 1.82) is 0 Å². The molecule has 116 valence electrons. The normalized spacial score (nSPS) is 12.0. The first-order valence-electron chi connectivity index (χ1n) is 6.69. The number of hydrogen-bond acceptors (Lipinski definition) is 5. The monoisotopic (exact) mass is 328 g/mol. The minimum atomic E-state index is -3.51. The highest BCUT2D eigenvalue weighted by atomic mass is 32.2. The van der Waals surface area contributed by atoms with Gasteiger partial charge in [-0.3, -0.25) is 0 Å². The Morgan fingerprint density at radius 2 is 2.14 bits per heavy atom. The minimum Gasteiger partial charge on any atom is -0.352 e. The molecule has 2 aromatic heterocycles. The number of aryl methyl sites for hydroxylation is 2. The maximum Gasteiger partial charge on any atom is 0.242 e. The van der Waals surface area contributed by atoms with Crippen molar-refractivity contribution in [3.8, 4) is 0 Å². The quantitative estimate of drug-likeness (QED) is 0.802. The highest BCUT2D eigenvalue weighted by molar-refractivity contribution is 7.89. The molecule has 0 aliphatic rings. The molecule has 2 heterocycles. The van der Waals surface area contributed by atoms with Gasteiger partial charge in [-0.15, -0.1) is 11.3 Å². The maximum absolute atomic E-state index is 12.3. The second-order valence-electron chi connectivity index (χ2n) is 4.71. The van der Waals surface area contributed by atoms with Crippen LogP contribution in [0.1, 0.15) is 22.5 Å². The van der Waals surface area contributed by atoms with Gasteiger partial charge in [-0.1, -0.05) is 6.92 Å². The Balaban J connectivity index is 2.09. The van der Waals surface area contributed by atoms with E-state index in [4.69, 9.17) is 0 Å². The highest BCUT2D eigenvalue weighted by Gasteiger charge is 2.17. The van der Waals surface area contributed by atoms with Gasteiger partial charge in [-0.05, 0) is 19.5 Å².